The van der Waals surface area contributed by atoms with Crippen LogP contribution in [-0.2, 0) is 36.6 Å². The Kier molecular flexibility index (Phi) is 5.87. The number of fused-ring (bicyclic) bond motifs is 4. The van der Waals surface area contributed by atoms with Gasteiger partial charge in [-0.15, -0.1) is 0 Å². The molecule has 2 aliphatic heterocycles. The zero-order valence-electron chi connectivity index (χ0n) is 23.1. The Morgan fingerprint density at radius 1 is 1.10 bits per heavy atom. The fourth-order valence-electron chi connectivity index (χ4n) is 8.85. The molecule has 3 heterocycles. The highest BCUT2D eigenvalue weighted by Gasteiger charge is 2.75. The number of nitrogens with zero attached hydrogens (tertiary/aromatic N) is 1. The van der Waals surface area contributed by atoms with Crippen LogP contribution in [0.3, 0.4) is 0 Å². The molecule has 0 amide bonds. The lowest BCUT2D eigenvalue weighted by atomic mass is 9.48. The topological polar surface area (TPSA) is 37.1 Å². The Bertz CT molecular complexity index is 1630. The quantitative estimate of drug-likeness (QED) is 0.367. The van der Waals surface area contributed by atoms with Crippen molar-refractivity contribution in [1.82, 2.24) is 4.57 Å². The molecule has 8 rings (SSSR count). The number of nitrogens with one attached hydrogen (secondary N) is 1. The Morgan fingerprint density at radius 2 is 1.90 bits per heavy atom. The van der Waals surface area contributed by atoms with Crippen LogP contribution in [0.4, 0.5) is 0 Å². The molecule has 0 saturated carbocycles. The zero-order chi connectivity index (χ0) is 26.4. The minimum atomic E-state index is -0.373. The minimum absolute atomic E-state index is 0. The van der Waals surface area contributed by atoms with E-state index in [1.54, 1.807) is 4.90 Å². The summed E-state index contributed by atoms with van der Waals surface area (Å²) in [6, 6.07) is 23.9. The molecule has 4 aromatic rings. The second-order valence-corrected chi connectivity index (χ2v) is 11.8. The van der Waals surface area contributed by atoms with Gasteiger partial charge in [0, 0.05) is 49.9 Å². The highest BCUT2D eigenvalue weighted by Crippen LogP contribution is 2.68. The maximum absolute atomic E-state index is 7.20. The van der Waals surface area contributed by atoms with Gasteiger partial charge in [-0.25, -0.2) is 0 Å². The van der Waals surface area contributed by atoms with E-state index in [1.165, 1.54) is 33.3 Å². The van der Waals surface area contributed by atoms with Crippen molar-refractivity contribution in [2.45, 2.75) is 49.0 Å². The molecule has 1 spiro atoms. The van der Waals surface area contributed by atoms with Gasteiger partial charge < -0.3 is 36.1 Å². The van der Waals surface area contributed by atoms with Gasteiger partial charge in [-0.2, -0.15) is 0 Å². The summed E-state index contributed by atoms with van der Waals surface area (Å²) in [6.07, 6.45) is 4.82. The number of halogens is 1. The lowest BCUT2D eigenvalue weighted by Crippen LogP contribution is -3.21. The van der Waals surface area contributed by atoms with Crippen molar-refractivity contribution < 1.29 is 31.5 Å². The molecular weight excluding hydrogens is 520 g/mol. The highest BCUT2D eigenvalue weighted by molar-refractivity contribution is 5.87. The molecule has 1 N–H and O–H groups in total. The summed E-state index contributed by atoms with van der Waals surface area (Å²) in [5.41, 5.74) is 7.18. The molecule has 0 radical (unpaired) electrons. The third kappa shape index (κ3) is 3.06. The number of hydrogen-bond acceptors (Lipinski definition) is 3. The number of para-hydroxylation sites is 1. The van der Waals surface area contributed by atoms with E-state index in [0.717, 1.165) is 49.4 Å². The Balaban J connectivity index is 0.00000264. The minimum Gasteiger partial charge on any atom is -1.00 e. The van der Waals surface area contributed by atoms with Gasteiger partial charge in [0.05, 0.1) is 24.2 Å². The predicted molar refractivity (Wildman–Crippen MR) is 152 cm³/mol. The molecule has 2 aliphatic carbocycles. The monoisotopic (exact) mass is 554 g/mol. The van der Waals surface area contributed by atoms with Crippen molar-refractivity contribution in [3.8, 4) is 11.5 Å². The van der Waals surface area contributed by atoms with Crippen LogP contribution in [0.2, 0.25) is 0 Å². The van der Waals surface area contributed by atoms with Gasteiger partial charge in [-0.3, -0.25) is 0 Å². The molecule has 1 unspecified atom stereocenters. The molecule has 5 nitrogen and oxygen atoms in total. The second-order valence-electron chi connectivity index (χ2n) is 11.8. The number of ether oxygens (including phenoxy) is 3. The lowest BCUT2D eigenvalue weighted by Gasteiger charge is -2.62. The van der Waals surface area contributed by atoms with E-state index in [9.17, 15) is 0 Å². The Hall–Kier alpha value is -3.25. The first-order valence-corrected chi connectivity index (χ1v) is 14.2. The number of hydrogen-bond donors (Lipinski definition) is 1. The van der Waals surface area contributed by atoms with E-state index in [0.29, 0.717) is 12.6 Å². The van der Waals surface area contributed by atoms with Crippen LogP contribution in [0.25, 0.3) is 10.9 Å². The van der Waals surface area contributed by atoms with Gasteiger partial charge in [0.1, 0.15) is 18.2 Å². The molecule has 206 valence electrons. The molecule has 40 heavy (non-hydrogen) atoms. The van der Waals surface area contributed by atoms with E-state index >= 15 is 0 Å². The summed E-state index contributed by atoms with van der Waals surface area (Å²) >= 11 is 0. The average Bonchev–Trinajstić information content (AvgIpc) is 3.46. The molecular formula is C34H35ClN2O3. The first-order chi connectivity index (χ1) is 19.1. The van der Waals surface area contributed by atoms with Crippen LogP contribution in [0.5, 0.6) is 11.5 Å². The smallest absolute Gasteiger partial charge is 0.166 e. The van der Waals surface area contributed by atoms with E-state index in [-0.39, 0.29) is 29.5 Å². The molecule has 4 aliphatic rings. The van der Waals surface area contributed by atoms with Crippen molar-refractivity contribution >= 4 is 10.9 Å². The maximum atomic E-state index is 7.20. The van der Waals surface area contributed by atoms with Gasteiger partial charge in [0.25, 0.3) is 0 Å². The maximum Gasteiger partial charge on any atom is 0.166 e. The summed E-state index contributed by atoms with van der Waals surface area (Å²) in [7, 11) is 4.15. The van der Waals surface area contributed by atoms with Crippen molar-refractivity contribution in [2.75, 3.05) is 20.2 Å². The van der Waals surface area contributed by atoms with Gasteiger partial charge in [-0.1, -0.05) is 61.2 Å². The normalized spacial score (nSPS) is 28.7. The number of piperidine rings is 1. The predicted octanol–water partition coefficient (Wildman–Crippen LogP) is 1.47. The number of likely N-dealkylation sites (tertiary alicyclic amines) is 1. The Morgan fingerprint density at radius 3 is 2.70 bits per heavy atom. The molecule has 1 fully saturated rings. The van der Waals surface area contributed by atoms with Crippen molar-refractivity contribution in [3.05, 3.63) is 107 Å². The van der Waals surface area contributed by atoms with E-state index in [4.69, 9.17) is 14.2 Å². The van der Waals surface area contributed by atoms with E-state index in [1.807, 2.05) is 13.2 Å². The SMILES string of the molecule is C=CC[NH+]1CC[C@]23c4c5ccc(OCc6ccccc6)c4O[C@H]2c2c(c4ccccc4n2C)C[C@@]3(OC)[C@H]1C5.[Cl-]. The molecule has 1 saturated heterocycles. The van der Waals surface area contributed by atoms with Crippen LogP contribution in [0.15, 0.2) is 79.4 Å². The number of rotatable bonds is 6. The fraction of sp³-hybridized carbons (Fsp3) is 0.353. The summed E-state index contributed by atoms with van der Waals surface area (Å²) in [6.45, 7) is 6.65. The Labute approximate surface area is 241 Å². The summed E-state index contributed by atoms with van der Waals surface area (Å²) in [4.78, 5) is 1.57. The molecule has 3 aromatic carbocycles. The summed E-state index contributed by atoms with van der Waals surface area (Å²) < 4.78 is 23.0. The van der Waals surface area contributed by atoms with Gasteiger partial charge in [0.2, 0.25) is 0 Å². The number of aromatic nitrogens is 1. The fourth-order valence-corrected chi connectivity index (χ4v) is 8.85. The second kappa shape index (κ2) is 9.13. The van der Waals surface area contributed by atoms with Crippen molar-refractivity contribution in [2.24, 2.45) is 7.05 Å². The van der Waals surface area contributed by atoms with E-state index < -0.39 is 0 Å². The van der Waals surface area contributed by atoms with E-state index in [2.05, 4.69) is 84.9 Å². The summed E-state index contributed by atoms with van der Waals surface area (Å²) in [5.74, 6) is 1.77. The average molecular weight is 555 g/mol. The molecule has 6 heteroatoms. The zero-order valence-corrected chi connectivity index (χ0v) is 23.8. The number of aryl methyl sites for hydroxylation is 1. The third-order valence-electron chi connectivity index (χ3n) is 10.4. The van der Waals surface area contributed by atoms with Crippen LogP contribution >= 0.6 is 0 Å². The largest absolute Gasteiger partial charge is 1.00 e. The van der Waals surface area contributed by atoms with Crippen LogP contribution in [-0.4, -0.2) is 36.4 Å². The van der Waals surface area contributed by atoms with Gasteiger partial charge >= 0.3 is 0 Å². The van der Waals surface area contributed by atoms with Crippen LogP contribution < -0.4 is 26.8 Å². The standard InChI is InChI=1S/C34H34N2O3.ClH/c1-4-17-36-18-16-33-29-23-14-15-27(38-21-22-10-6-5-7-11-22)31(29)39-32(33)30-25(20-34(33,37-3)28(36)19-23)24-12-8-9-13-26(24)35(30)2;/h4-15,28,32H,1,16-21H2,2-3H3;1H/t28-,32+,33+,34-;/m1./s1. The third-order valence-corrected chi connectivity index (χ3v) is 10.4. The molecule has 2 bridgehead atoms. The van der Waals surface area contributed by atoms with Gasteiger partial charge in [-0.05, 0) is 34.9 Å². The van der Waals surface area contributed by atoms with Crippen LogP contribution in [0, 0.1) is 0 Å². The van der Waals surface area contributed by atoms with Crippen LogP contribution in [0.1, 0.15) is 40.5 Å². The summed E-state index contributed by atoms with van der Waals surface area (Å²) in [5, 5.41) is 1.32. The highest BCUT2D eigenvalue weighted by atomic mass is 35.5. The molecule has 5 atom stereocenters. The molecule has 1 aromatic heterocycles. The number of quaternary nitrogens is 1. The van der Waals surface area contributed by atoms with Crippen molar-refractivity contribution in [3.63, 3.8) is 0 Å². The lowest BCUT2D eigenvalue weighted by molar-refractivity contribution is -0.937. The first-order valence-electron chi connectivity index (χ1n) is 14.2. The first kappa shape index (κ1) is 25.7. The van der Waals surface area contributed by atoms with Gasteiger partial charge in [0.15, 0.2) is 17.6 Å². The van der Waals surface area contributed by atoms with Crippen molar-refractivity contribution in [1.29, 1.82) is 0 Å². The number of methoxy groups -OCH3 is 1. The number of benzene rings is 3.